The van der Waals surface area contributed by atoms with E-state index >= 15 is 0 Å². The monoisotopic (exact) mass is 351 g/mol. The van der Waals surface area contributed by atoms with Crippen molar-refractivity contribution in [3.63, 3.8) is 0 Å². The lowest BCUT2D eigenvalue weighted by Gasteiger charge is -2.20. The van der Waals surface area contributed by atoms with Crippen LogP contribution in [-0.4, -0.2) is 9.78 Å². The highest BCUT2D eigenvalue weighted by Crippen LogP contribution is 2.26. The second-order valence-corrected chi connectivity index (χ2v) is 7.27. The van der Waals surface area contributed by atoms with Gasteiger partial charge >= 0.3 is 0 Å². The molecule has 26 heavy (non-hydrogen) atoms. The summed E-state index contributed by atoms with van der Waals surface area (Å²) < 4.78 is 15.1. The molecule has 1 aromatic heterocycles. The summed E-state index contributed by atoms with van der Waals surface area (Å²) in [5.41, 5.74) is 11.4. The highest BCUT2D eigenvalue weighted by molar-refractivity contribution is 5.61. The predicted molar refractivity (Wildman–Crippen MR) is 104 cm³/mol. The number of nitrogens with zero attached hydrogens (tertiary/aromatic N) is 2. The van der Waals surface area contributed by atoms with Gasteiger partial charge in [-0.1, -0.05) is 30.3 Å². The fraction of sp³-hybridized carbons (Fsp3) is 0.318. The molecule has 3 nitrogen and oxygen atoms in total. The summed E-state index contributed by atoms with van der Waals surface area (Å²) in [6, 6.07) is 17.2. The van der Waals surface area contributed by atoms with Gasteiger partial charge < -0.3 is 5.73 Å². The highest BCUT2D eigenvalue weighted by atomic mass is 19.1. The number of aromatic nitrogens is 2. The summed E-state index contributed by atoms with van der Waals surface area (Å²) in [7, 11) is 0. The number of hydrogen-bond donors (Lipinski definition) is 1. The van der Waals surface area contributed by atoms with E-state index in [1.165, 1.54) is 12.1 Å². The molecule has 136 valence electrons. The van der Waals surface area contributed by atoms with Crippen LogP contribution >= 0.6 is 0 Å². The molecule has 0 atom stereocenters. The molecule has 0 saturated carbocycles. The Morgan fingerprint density at radius 1 is 1.04 bits per heavy atom. The summed E-state index contributed by atoms with van der Waals surface area (Å²) in [5, 5.41) is 4.74. The van der Waals surface area contributed by atoms with Gasteiger partial charge in [0.25, 0.3) is 0 Å². The van der Waals surface area contributed by atoms with Gasteiger partial charge in [0.15, 0.2) is 0 Å². The minimum atomic E-state index is -0.376. The Hall–Kier alpha value is -2.46. The Labute approximate surface area is 154 Å². The largest absolute Gasteiger partial charge is 0.322 e. The quantitative estimate of drug-likeness (QED) is 0.700. The molecule has 2 N–H and O–H groups in total. The van der Waals surface area contributed by atoms with Gasteiger partial charge in [0.05, 0.1) is 11.4 Å². The second-order valence-electron chi connectivity index (χ2n) is 7.27. The molecule has 3 rings (SSSR count). The zero-order valence-corrected chi connectivity index (χ0v) is 15.7. The van der Waals surface area contributed by atoms with Gasteiger partial charge in [-0.25, -0.2) is 4.39 Å². The molecule has 0 aliphatic rings. The molecule has 4 heteroatoms. The van der Waals surface area contributed by atoms with Crippen LogP contribution in [0.3, 0.4) is 0 Å². The van der Waals surface area contributed by atoms with Gasteiger partial charge in [-0.15, -0.1) is 0 Å². The van der Waals surface area contributed by atoms with Crippen LogP contribution in [0.2, 0.25) is 0 Å². The number of hydrogen-bond acceptors (Lipinski definition) is 2. The number of rotatable bonds is 6. The molecule has 2 aromatic carbocycles. The Morgan fingerprint density at radius 3 is 2.42 bits per heavy atom. The fourth-order valence-electron chi connectivity index (χ4n) is 3.07. The third-order valence-corrected chi connectivity index (χ3v) is 4.62. The SMILES string of the molecule is CCn1nc(CCc2ccc(F)cc2)cc1-c1cccc(C(C)(C)N)c1. The molecule has 0 saturated heterocycles. The van der Waals surface area contributed by atoms with E-state index in [4.69, 9.17) is 10.8 Å². The maximum Gasteiger partial charge on any atom is 0.123 e. The molecule has 0 radical (unpaired) electrons. The van der Waals surface area contributed by atoms with Crippen molar-refractivity contribution in [1.82, 2.24) is 9.78 Å². The first-order valence-electron chi connectivity index (χ1n) is 9.08. The average molecular weight is 351 g/mol. The summed E-state index contributed by atoms with van der Waals surface area (Å²) in [6.45, 7) is 6.92. The number of aryl methyl sites for hydroxylation is 3. The van der Waals surface area contributed by atoms with Gasteiger partial charge in [-0.05, 0) is 69.0 Å². The van der Waals surface area contributed by atoms with Gasteiger partial charge in [0.2, 0.25) is 0 Å². The third-order valence-electron chi connectivity index (χ3n) is 4.62. The van der Waals surface area contributed by atoms with Gasteiger partial charge in [0.1, 0.15) is 5.82 Å². The maximum atomic E-state index is 13.0. The van der Waals surface area contributed by atoms with E-state index in [0.717, 1.165) is 47.5 Å². The van der Waals surface area contributed by atoms with Gasteiger partial charge in [-0.2, -0.15) is 5.10 Å². The van der Waals surface area contributed by atoms with Crippen molar-refractivity contribution in [2.45, 2.75) is 45.7 Å². The summed E-state index contributed by atoms with van der Waals surface area (Å²) in [5.74, 6) is -0.200. The van der Waals surface area contributed by atoms with E-state index in [2.05, 4.69) is 31.2 Å². The second kappa shape index (κ2) is 7.42. The predicted octanol–water partition coefficient (Wildman–Crippen LogP) is 4.69. The van der Waals surface area contributed by atoms with Crippen molar-refractivity contribution in [2.75, 3.05) is 0 Å². The topological polar surface area (TPSA) is 43.8 Å². The van der Waals surface area contributed by atoms with Crippen LogP contribution < -0.4 is 5.73 Å². The van der Waals surface area contributed by atoms with Gasteiger partial charge in [-0.3, -0.25) is 4.68 Å². The number of halogens is 1. The molecular weight excluding hydrogens is 325 g/mol. The third kappa shape index (κ3) is 4.20. The number of nitrogens with two attached hydrogens (primary N) is 1. The minimum absolute atomic E-state index is 0.200. The smallest absolute Gasteiger partial charge is 0.123 e. The van der Waals surface area contributed by atoms with Crippen molar-refractivity contribution in [3.8, 4) is 11.3 Å². The Kier molecular flexibility index (Phi) is 5.23. The summed E-state index contributed by atoms with van der Waals surface area (Å²) in [6.07, 6.45) is 1.67. The van der Waals surface area contributed by atoms with Crippen LogP contribution in [0, 0.1) is 5.82 Å². The van der Waals surface area contributed by atoms with Crippen molar-refractivity contribution < 1.29 is 4.39 Å². The number of benzene rings is 2. The first-order valence-corrected chi connectivity index (χ1v) is 9.08. The first kappa shape index (κ1) is 18.3. The summed E-state index contributed by atoms with van der Waals surface area (Å²) >= 11 is 0. The summed E-state index contributed by atoms with van der Waals surface area (Å²) in [4.78, 5) is 0. The fourth-order valence-corrected chi connectivity index (χ4v) is 3.07. The van der Waals surface area contributed by atoms with Crippen molar-refractivity contribution >= 4 is 0 Å². The average Bonchev–Trinajstić information content (AvgIpc) is 3.04. The molecule has 0 aliphatic heterocycles. The van der Waals surface area contributed by atoms with Crippen LogP contribution in [-0.2, 0) is 24.9 Å². The zero-order valence-electron chi connectivity index (χ0n) is 15.7. The van der Waals surface area contributed by atoms with Crippen molar-refractivity contribution in [3.05, 3.63) is 77.2 Å². The molecule has 0 amide bonds. The zero-order chi connectivity index (χ0) is 18.7. The molecule has 0 fully saturated rings. The van der Waals surface area contributed by atoms with E-state index in [-0.39, 0.29) is 11.4 Å². The molecular formula is C22H26FN3. The minimum Gasteiger partial charge on any atom is -0.322 e. The molecule has 1 heterocycles. The lowest BCUT2D eigenvalue weighted by atomic mass is 9.93. The van der Waals surface area contributed by atoms with Crippen LogP contribution in [0.1, 0.15) is 37.6 Å². The van der Waals surface area contributed by atoms with E-state index in [0.29, 0.717) is 0 Å². The van der Waals surface area contributed by atoms with E-state index in [1.54, 1.807) is 0 Å². The maximum absolute atomic E-state index is 13.0. The molecule has 0 bridgehead atoms. The van der Waals surface area contributed by atoms with Gasteiger partial charge in [0, 0.05) is 17.6 Å². The highest BCUT2D eigenvalue weighted by Gasteiger charge is 2.16. The molecule has 0 spiro atoms. The Morgan fingerprint density at radius 2 is 1.77 bits per heavy atom. The lowest BCUT2D eigenvalue weighted by molar-refractivity contribution is 0.554. The standard InChI is InChI=1S/C22H26FN3/c1-4-26-21(17-6-5-7-18(14-17)22(2,3)24)15-20(25-26)13-10-16-8-11-19(23)12-9-16/h5-9,11-12,14-15H,4,10,13,24H2,1-3H3. The normalized spacial score (nSPS) is 11.7. The molecule has 0 unspecified atom stereocenters. The van der Waals surface area contributed by atoms with Crippen LogP contribution in [0.15, 0.2) is 54.6 Å². The Bertz CT molecular complexity index is 873. The van der Waals surface area contributed by atoms with Crippen LogP contribution in [0.5, 0.6) is 0 Å². The van der Waals surface area contributed by atoms with Crippen molar-refractivity contribution in [2.24, 2.45) is 5.73 Å². The van der Waals surface area contributed by atoms with Crippen LogP contribution in [0.25, 0.3) is 11.3 Å². The van der Waals surface area contributed by atoms with E-state index in [9.17, 15) is 4.39 Å². The lowest BCUT2D eigenvalue weighted by Crippen LogP contribution is -2.28. The first-order chi connectivity index (χ1) is 12.4. The van der Waals surface area contributed by atoms with E-state index in [1.807, 2.05) is 36.7 Å². The molecule has 0 aliphatic carbocycles. The van der Waals surface area contributed by atoms with E-state index < -0.39 is 0 Å². The Balaban J connectivity index is 1.84. The van der Waals surface area contributed by atoms with Crippen molar-refractivity contribution in [1.29, 1.82) is 0 Å². The molecule has 3 aromatic rings. The van der Waals surface area contributed by atoms with Crippen LogP contribution in [0.4, 0.5) is 4.39 Å².